The van der Waals surface area contributed by atoms with Crippen molar-refractivity contribution in [1.82, 2.24) is 15.5 Å². The van der Waals surface area contributed by atoms with E-state index in [2.05, 4.69) is 62.6 Å². The molecule has 1 aromatic carbocycles. The summed E-state index contributed by atoms with van der Waals surface area (Å²) < 4.78 is 5.54. The summed E-state index contributed by atoms with van der Waals surface area (Å²) >= 11 is 2.07. The molecule has 5 nitrogen and oxygen atoms in total. The Morgan fingerprint density at radius 2 is 2.04 bits per heavy atom. The predicted octanol–water partition coefficient (Wildman–Crippen LogP) is 1.60. The van der Waals surface area contributed by atoms with Crippen LogP contribution in [0.1, 0.15) is 12.0 Å². The molecule has 2 heterocycles. The summed E-state index contributed by atoms with van der Waals surface area (Å²) in [5.41, 5.74) is 1.59. The van der Waals surface area contributed by atoms with Crippen LogP contribution in [0.25, 0.3) is 0 Å². The van der Waals surface area contributed by atoms with Crippen molar-refractivity contribution in [2.24, 2.45) is 4.99 Å². The van der Waals surface area contributed by atoms with Crippen molar-refractivity contribution in [1.29, 1.82) is 0 Å². The van der Waals surface area contributed by atoms with Gasteiger partial charge in [0.1, 0.15) is 0 Å². The molecule has 138 valence electrons. The number of benzene rings is 1. The fourth-order valence-electron chi connectivity index (χ4n) is 3.57. The Morgan fingerprint density at radius 1 is 1.24 bits per heavy atom. The molecule has 0 amide bonds. The highest BCUT2D eigenvalue weighted by Crippen LogP contribution is 2.33. The normalized spacial score (nSPS) is 25.1. The Morgan fingerprint density at radius 3 is 2.72 bits per heavy atom. The molecule has 2 aliphatic rings. The van der Waals surface area contributed by atoms with E-state index in [0.29, 0.717) is 0 Å². The number of hydrogen-bond acceptors (Lipinski definition) is 4. The summed E-state index contributed by atoms with van der Waals surface area (Å²) in [6, 6.07) is 10.6. The average molecular weight is 363 g/mol. The Labute approximate surface area is 155 Å². The molecule has 0 spiro atoms. The third-order valence-corrected chi connectivity index (χ3v) is 6.36. The van der Waals surface area contributed by atoms with Gasteiger partial charge >= 0.3 is 0 Å². The van der Waals surface area contributed by atoms with Crippen LogP contribution in [0.3, 0.4) is 0 Å². The van der Waals surface area contributed by atoms with Crippen LogP contribution in [0, 0.1) is 0 Å². The van der Waals surface area contributed by atoms with Crippen molar-refractivity contribution in [2.45, 2.75) is 18.4 Å². The lowest BCUT2D eigenvalue weighted by atomic mass is 9.95. The highest BCUT2D eigenvalue weighted by Gasteiger charge is 2.40. The highest BCUT2D eigenvalue weighted by atomic mass is 32.2. The first-order chi connectivity index (χ1) is 12.3. The zero-order valence-electron chi connectivity index (χ0n) is 15.2. The molecule has 2 fully saturated rings. The van der Waals surface area contributed by atoms with E-state index < -0.39 is 0 Å². The van der Waals surface area contributed by atoms with Gasteiger partial charge in [0.2, 0.25) is 0 Å². The number of thioether (sulfide) groups is 1. The number of nitrogens with one attached hydrogen (secondary N) is 2. The molecular weight excluding hydrogens is 332 g/mol. The fraction of sp³-hybridized carbons (Fsp3) is 0.632. The first-order valence-corrected chi connectivity index (χ1v) is 10.4. The number of morpholine rings is 1. The molecule has 1 unspecified atom stereocenters. The largest absolute Gasteiger partial charge is 0.379 e. The molecule has 0 aliphatic carbocycles. The molecule has 2 saturated heterocycles. The van der Waals surface area contributed by atoms with Crippen LogP contribution in [0.2, 0.25) is 0 Å². The zero-order chi connectivity index (χ0) is 17.4. The Hall–Kier alpha value is -1.24. The van der Waals surface area contributed by atoms with Crippen LogP contribution in [0.4, 0.5) is 0 Å². The molecule has 0 bridgehead atoms. The van der Waals surface area contributed by atoms with Gasteiger partial charge in [0, 0.05) is 44.5 Å². The van der Waals surface area contributed by atoms with Crippen LogP contribution in [-0.4, -0.2) is 74.3 Å². The number of ether oxygens (including phenoxy) is 1. The molecule has 3 rings (SSSR count). The van der Waals surface area contributed by atoms with Gasteiger partial charge in [0.05, 0.1) is 13.2 Å². The Balaban J connectivity index is 1.48. The molecule has 1 atom stereocenters. The highest BCUT2D eigenvalue weighted by molar-refractivity contribution is 7.99. The monoisotopic (exact) mass is 362 g/mol. The van der Waals surface area contributed by atoms with Crippen LogP contribution < -0.4 is 10.6 Å². The lowest BCUT2D eigenvalue weighted by Crippen LogP contribution is -2.60. The number of guanidine groups is 1. The SMILES string of the molecule is CN=C(NCCc1ccccc1)NCC1(N2CCOCC2)CCSC1. The fourth-order valence-corrected chi connectivity index (χ4v) is 5.05. The molecule has 0 aromatic heterocycles. The van der Waals surface area contributed by atoms with Gasteiger partial charge in [-0.25, -0.2) is 0 Å². The number of aliphatic imine (C=N–C) groups is 1. The van der Waals surface area contributed by atoms with Gasteiger partial charge in [-0.2, -0.15) is 11.8 Å². The maximum Gasteiger partial charge on any atom is 0.191 e. The van der Waals surface area contributed by atoms with E-state index in [9.17, 15) is 0 Å². The molecular formula is C19H30N4OS. The first-order valence-electron chi connectivity index (χ1n) is 9.21. The van der Waals surface area contributed by atoms with Crippen molar-refractivity contribution in [3.63, 3.8) is 0 Å². The smallest absolute Gasteiger partial charge is 0.191 e. The van der Waals surface area contributed by atoms with Crippen LogP contribution in [0.5, 0.6) is 0 Å². The first kappa shape index (κ1) is 18.5. The van der Waals surface area contributed by atoms with E-state index in [1.807, 2.05) is 7.05 Å². The summed E-state index contributed by atoms with van der Waals surface area (Å²) in [7, 11) is 1.85. The molecule has 1 aromatic rings. The minimum Gasteiger partial charge on any atom is -0.379 e. The number of nitrogens with zero attached hydrogens (tertiary/aromatic N) is 2. The topological polar surface area (TPSA) is 48.9 Å². The maximum atomic E-state index is 5.54. The summed E-state index contributed by atoms with van der Waals surface area (Å²) in [6.07, 6.45) is 2.25. The lowest BCUT2D eigenvalue weighted by molar-refractivity contribution is -0.0120. The van der Waals surface area contributed by atoms with Crippen LogP contribution in [-0.2, 0) is 11.2 Å². The standard InChI is InChI=1S/C19H30N4OS/c1-20-18(21-9-7-17-5-3-2-4-6-17)22-15-19(8-14-25-16-19)23-10-12-24-13-11-23/h2-6H,7-16H2,1H3,(H2,20,21,22). The van der Waals surface area contributed by atoms with Gasteiger partial charge in [-0.3, -0.25) is 9.89 Å². The minimum absolute atomic E-state index is 0.242. The molecule has 0 saturated carbocycles. The van der Waals surface area contributed by atoms with Gasteiger partial charge in [0.25, 0.3) is 0 Å². The van der Waals surface area contributed by atoms with Gasteiger partial charge in [-0.15, -0.1) is 0 Å². The van der Waals surface area contributed by atoms with Gasteiger partial charge < -0.3 is 15.4 Å². The third-order valence-electron chi connectivity index (χ3n) is 5.12. The minimum atomic E-state index is 0.242. The Bertz CT molecular complexity index is 540. The van der Waals surface area contributed by atoms with E-state index in [0.717, 1.165) is 51.8 Å². The predicted molar refractivity (Wildman–Crippen MR) is 107 cm³/mol. The van der Waals surface area contributed by atoms with E-state index in [1.165, 1.54) is 23.5 Å². The van der Waals surface area contributed by atoms with Crippen LogP contribution >= 0.6 is 11.8 Å². The zero-order valence-corrected chi connectivity index (χ0v) is 16.0. The molecule has 6 heteroatoms. The second-order valence-electron chi connectivity index (χ2n) is 6.71. The van der Waals surface area contributed by atoms with E-state index in [1.54, 1.807) is 0 Å². The van der Waals surface area contributed by atoms with Gasteiger partial charge in [-0.1, -0.05) is 30.3 Å². The summed E-state index contributed by atoms with van der Waals surface area (Å²) in [6.45, 7) is 5.64. The quantitative estimate of drug-likeness (QED) is 0.595. The molecule has 25 heavy (non-hydrogen) atoms. The molecule has 2 N–H and O–H groups in total. The van der Waals surface area contributed by atoms with Gasteiger partial charge in [-0.05, 0) is 24.2 Å². The van der Waals surface area contributed by atoms with Crippen molar-refractivity contribution >= 4 is 17.7 Å². The molecule has 2 aliphatic heterocycles. The second kappa shape index (κ2) is 9.46. The summed E-state index contributed by atoms with van der Waals surface area (Å²) in [4.78, 5) is 7.03. The van der Waals surface area contributed by atoms with Crippen molar-refractivity contribution < 1.29 is 4.74 Å². The lowest BCUT2D eigenvalue weighted by Gasteiger charge is -2.43. The second-order valence-corrected chi connectivity index (χ2v) is 7.82. The molecule has 0 radical (unpaired) electrons. The summed E-state index contributed by atoms with van der Waals surface area (Å²) in [5.74, 6) is 3.35. The van der Waals surface area contributed by atoms with Crippen molar-refractivity contribution in [3.8, 4) is 0 Å². The average Bonchev–Trinajstić information content (AvgIpc) is 3.16. The van der Waals surface area contributed by atoms with Crippen molar-refractivity contribution in [2.75, 3.05) is 57.9 Å². The van der Waals surface area contributed by atoms with Crippen molar-refractivity contribution in [3.05, 3.63) is 35.9 Å². The van der Waals surface area contributed by atoms with Gasteiger partial charge in [0.15, 0.2) is 5.96 Å². The number of hydrogen-bond donors (Lipinski definition) is 2. The van der Waals surface area contributed by atoms with E-state index >= 15 is 0 Å². The number of rotatable bonds is 6. The third kappa shape index (κ3) is 5.12. The summed E-state index contributed by atoms with van der Waals surface area (Å²) in [5, 5.41) is 7.03. The van der Waals surface area contributed by atoms with E-state index in [4.69, 9.17) is 4.74 Å². The van der Waals surface area contributed by atoms with Crippen LogP contribution in [0.15, 0.2) is 35.3 Å². The Kier molecular flexibility index (Phi) is 7.02. The maximum absolute atomic E-state index is 5.54. The van der Waals surface area contributed by atoms with E-state index in [-0.39, 0.29) is 5.54 Å².